The van der Waals surface area contributed by atoms with Crippen molar-refractivity contribution in [3.8, 4) is 5.75 Å². The Kier molecular flexibility index (Phi) is 8.15. The quantitative estimate of drug-likeness (QED) is 0.529. The minimum Gasteiger partial charge on any atom is -0.495 e. The molecule has 1 heterocycles. The maximum Gasteiger partial charge on any atom is 0.251 e. The average Bonchev–Trinajstić information content (AvgIpc) is 2.83. The molecule has 7 nitrogen and oxygen atoms in total. The van der Waals surface area contributed by atoms with E-state index >= 15 is 0 Å². The van der Waals surface area contributed by atoms with Gasteiger partial charge in [-0.1, -0.05) is 24.3 Å². The first-order chi connectivity index (χ1) is 15.2. The molecule has 0 saturated carbocycles. The average molecular weight is 424 g/mol. The summed E-state index contributed by atoms with van der Waals surface area (Å²) in [5, 5.41) is 6.09. The van der Waals surface area contributed by atoms with Crippen LogP contribution in [-0.4, -0.2) is 70.2 Å². The Balaban J connectivity index is 1.60. The van der Waals surface area contributed by atoms with Gasteiger partial charge < -0.3 is 25.2 Å². The van der Waals surface area contributed by atoms with Crippen LogP contribution in [0.2, 0.25) is 0 Å². The number of para-hydroxylation sites is 2. The molecule has 0 radical (unpaired) electrons. The molecule has 2 aromatic rings. The lowest BCUT2D eigenvalue weighted by Gasteiger charge is -2.38. The van der Waals surface area contributed by atoms with Gasteiger partial charge in [-0.3, -0.25) is 9.79 Å². The van der Waals surface area contributed by atoms with E-state index in [1.165, 1.54) is 0 Å². The molecular formula is C24H33N5O2. The van der Waals surface area contributed by atoms with E-state index in [4.69, 9.17) is 9.73 Å². The third kappa shape index (κ3) is 5.90. The van der Waals surface area contributed by atoms with E-state index in [1.807, 2.05) is 36.4 Å². The van der Waals surface area contributed by atoms with Gasteiger partial charge in [-0.15, -0.1) is 0 Å². The fourth-order valence-electron chi connectivity index (χ4n) is 3.78. The van der Waals surface area contributed by atoms with Gasteiger partial charge in [-0.25, -0.2) is 0 Å². The van der Waals surface area contributed by atoms with E-state index in [0.717, 1.165) is 62.1 Å². The zero-order valence-corrected chi connectivity index (χ0v) is 18.7. The number of carbonyl (C=O) groups excluding carboxylic acids is 1. The number of hydrogen-bond donors (Lipinski definition) is 2. The van der Waals surface area contributed by atoms with Gasteiger partial charge in [0.1, 0.15) is 5.75 Å². The van der Waals surface area contributed by atoms with Crippen molar-refractivity contribution < 1.29 is 9.53 Å². The number of ether oxygens (including phenoxy) is 1. The second kappa shape index (κ2) is 11.2. The zero-order chi connectivity index (χ0) is 22.1. The highest BCUT2D eigenvalue weighted by molar-refractivity contribution is 5.94. The Bertz CT molecular complexity index is 891. The number of benzene rings is 2. The highest BCUT2D eigenvalue weighted by Gasteiger charge is 2.21. The van der Waals surface area contributed by atoms with Crippen LogP contribution in [-0.2, 0) is 6.42 Å². The normalized spacial score (nSPS) is 14.4. The van der Waals surface area contributed by atoms with Crippen LogP contribution in [0, 0.1) is 0 Å². The predicted octanol–water partition coefficient (Wildman–Crippen LogP) is 2.38. The Morgan fingerprint density at radius 2 is 1.87 bits per heavy atom. The molecular weight excluding hydrogens is 390 g/mol. The number of piperazine rings is 1. The summed E-state index contributed by atoms with van der Waals surface area (Å²) in [5.41, 5.74) is 2.94. The largest absolute Gasteiger partial charge is 0.495 e. The van der Waals surface area contributed by atoms with Crippen LogP contribution in [0.5, 0.6) is 5.75 Å². The van der Waals surface area contributed by atoms with Crippen LogP contribution in [0.3, 0.4) is 0 Å². The molecule has 0 spiro atoms. The maximum absolute atomic E-state index is 11.8. The summed E-state index contributed by atoms with van der Waals surface area (Å²) < 4.78 is 5.52. The van der Waals surface area contributed by atoms with Gasteiger partial charge in [0.05, 0.1) is 12.8 Å². The van der Waals surface area contributed by atoms with Crippen molar-refractivity contribution in [2.45, 2.75) is 13.3 Å². The molecule has 31 heavy (non-hydrogen) atoms. The molecule has 2 aromatic carbocycles. The van der Waals surface area contributed by atoms with Crippen LogP contribution >= 0.6 is 0 Å². The lowest BCUT2D eigenvalue weighted by molar-refractivity contribution is 0.0963. The summed E-state index contributed by atoms with van der Waals surface area (Å²) in [6.07, 6.45) is 0.793. The van der Waals surface area contributed by atoms with Gasteiger partial charge in [-0.2, -0.15) is 0 Å². The Hall–Kier alpha value is -3.22. The molecule has 0 atom stereocenters. The Morgan fingerprint density at radius 3 is 2.58 bits per heavy atom. The van der Waals surface area contributed by atoms with Gasteiger partial charge in [0, 0.05) is 51.9 Å². The van der Waals surface area contributed by atoms with Crippen LogP contribution in [0.4, 0.5) is 5.69 Å². The second-order valence-corrected chi connectivity index (χ2v) is 7.41. The number of nitrogens with zero attached hydrogens (tertiary/aromatic N) is 3. The first-order valence-electron chi connectivity index (χ1n) is 10.9. The summed E-state index contributed by atoms with van der Waals surface area (Å²) in [6, 6.07) is 15.9. The van der Waals surface area contributed by atoms with E-state index in [9.17, 15) is 4.79 Å². The summed E-state index contributed by atoms with van der Waals surface area (Å²) in [4.78, 5) is 21.4. The van der Waals surface area contributed by atoms with E-state index in [0.29, 0.717) is 12.1 Å². The third-order valence-electron chi connectivity index (χ3n) is 5.42. The van der Waals surface area contributed by atoms with E-state index in [-0.39, 0.29) is 5.91 Å². The number of amides is 1. The molecule has 1 fully saturated rings. The van der Waals surface area contributed by atoms with Crippen molar-refractivity contribution in [1.82, 2.24) is 15.5 Å². The number of guanidine groups is 1. The fraction of sp³-hybridized carbons (Fsp3) is 0.417. The van der Waals surface area contributed by atoms with Gasteiger partial charge in [-0.05, 0) is 43.2 Å². The lowest BCUT2D eigenvalue weighted by Crippen LogP contribution is -2.52. The SMILES string of the molecule is CCNC(=NCCc1cccc(C(=O)NC)c1)N1CCN(c2ccccc2OC)CC1. The number of methoxy groups -OCH3 is 1. The molecule has 3 rings (SSSR count). The number of anilines is 1. The predicted molar refractivity (Wildman–Crippen MR) is 126 cm³/mol. The smallest absolute Gasteiger partial charge is 0.251 e. The van der Waals surface area contributed by atoms with Gasteiger partial charge >= 0.3 is 0 Å². The van der Waals surface area contributed by atoms with E-state index in [2.05, 4.69) is 39.5 Å². The molecule has 0 bridgehead atoms. The van der Waals surface area contributed by atoms with E-state index in [1.54, 1.807) is 14.2 Å². The van der Waals surface area contributed by atoms with Crippen molar-refractivity contribution in [1.29, 1.82) is 0 Å². The fourth-order valence-corrected chi connectivity index (χ4v) is 3.78. The van der Waals surface area contributed by atoms with Crippen molar-refractivity contribution in [2.24, 2.45) is 4.99 Å². The molecule has 1 amide bonds. The Labute approximate surface area is 185 Å². The van der Waals surface area contributed by atoms with Crippen LogP contribution < -0.4 is 20.3 Å². The molecule has 0 aromatic heterocycles. The maximum atomic E-state index is 11.8. The summed E-state index contributed by atoms with van der Waals surface area (Å²) >= 11 is 0. The molecule has 1 aliphatic rings. The number of hydrogen-bond acceptors (Lipinski definition) is 4. The zero-order valence-electron chi connectivity index (χ0n) is 18.7. The summed E-state index contributed by atoms with van der Waals surface area (Å²) in [6.45, 7) is 7.22. The number of nitrogens with one attached hydrogen (secondary N) is 2. The number of aliphatic imine (C=N–C) groups is 1. The van der Waals surface area contributed by atoms with Gasteiger partial charge in [0.15, 0.2) is 5.96 Å². The molecule has 1 aliphatic heterocycles. The molecule has 166 valence electrons. The molecule has 0 aliphatic carbocycles. The topological polar surface area (TPSA) is 69.2 Å². The van der Waals surface area contributed by atoms with Crippen LogP contribution in [0.25, 0.3) is 0 Å². The first kappa shape index (κ1) is 22.5. The summed E-state index contributed by atoms with van der Waals surface area (Å²) in [5.74, 6) is 1.80. The molecule has 2 N–H and O–H groups in total. The number of rotatable bonds is 7. The van der Waals surface area contributed by atoms with Crippen LogP contribution in [0.1, 0.15) is 22.8 Å². The van der Waals surface area contributed by atoms with Crippen molar-refractivity contribution in [3.05, 3.63) is 59.7 Å². The highest BCUT2D eigenvalue weighted by atomic mass is 16.5. The standard InChI is InChI=1S/C24H33N5O2/c1-4-26-24(27-13-12-19-8-7-9-20(18-19)23(30)25-2)29-16-14-28(15-17-29)21-10-5-6-11-22(21)31-3/h5-11,18H,4,12-17H2,1-3H3,(H,25,30)(H,26,27). The van der Waals surface area contributed by atoms with Crippen molar-refractivity contribution >= 4 is 17.6 Å². The van der Waals surface area contributed by atoms with E-state index < -0.39 is 0 Å². The molecule has 1 saturated heterocycles. The van der Waals surface area contributed by atoms with Gasteiger partial charge in [0.2, 0.25) is 0 Å². The van der Waals surface area contributed by atoms with Crippen molar-refractivity contribution in [2.75, 3.05) is 58.3 Å². The Morgan fingerprint density at radius 1 is 1.10 bits per heavy atom. The molecule has 7 heteroatoms. The minimum absolute atomic E-state index is 0.0633. The summed E-state index contributed by atoms with van der Waals surface area (Å²) in [7, 11) is 3.37. The molecule has 0 unspecified atom stereocenters. The monoisotopic (exact) mass is 423 g/mol. The first-order valence-corrected chi connectivity index (χ1v) is 10.9. The van der Waals surface area contributed by atoms with Crippen molar-refractivity contribution in [3.63, 3.8) is 0 Å². The third-order valence-corrected chi connectivity index (χ3v) is 5.42. The van der Waals surface area contributed by atoms with Gasteiger partial charge in [0.25, 0.3) is 5.91 Å². The second-order valence-electron chi connectivity index (χ2n) is 7.41. The minimum atomic E-state index is -0.0633. The lowest BCUT2D eigenvalue weighted by atomic mass is 10.1. The number of carbonyl (C=O) groups is 1. The highest BCUT2D eigenvalue weighted by Crippen LogP contribution is 2.28. The van der Waals surface area contributed by atoms with Crippen LogP contribution in [0.15, 0.2) is 53.5 Å².